The third kappa shape index (κ3) is 3.28. The number of nitrogens with zero attached hydrogens (tertiary/aromatic N) is 2. The summed E-state index contributed by atoms with van der Waals surface area (Å²) < 4.78 is 49.7. The second-order valence-electron chi connectivity index (χ2n) is 3.75. The van der Waals surface area contributed by atoms with E-state index in [0.717, 1.165) is 30.6 Å². The second kappa shape index (κ2) is 5.24. The number of aromatic nitrogens is 2. The number of carbonyl (C=O) groups excluding carboxylic acids is 1. The van der Waals surface area contributed by atoms with Crippen molar-refractivity contribution in [3.63, 3.8) is 0 Å². The average molecular weight is 285 g/mol. The zero-order chi connectivity index (χ0) is 14.8. The first-order valence-corrected chi connectivity index (χ1v) is 5.32. The van der Waals surface area contributed by atoms with E-state index < -0.39 is 23.7 Å². The number of alkyl halides is 3. The molecule has 20 heavy (non-hydrogen) atoms. The molecule has 104 valence electrons. The number of rotatable bonds is 2. The molecular weight excluding hydrogens is 278 g/mol. The van der Waals surface area contributed by atoms with Crippen molar-refractivity contribution in [2.75, 3.05) is 5.32 Å². The molecule has 0 saturated carbocycles. The zero-order valence-electron chi connectivity index (χ0n) is 9.78. The summed E-state index contributed by atoms with van der Waals surface area (Å²) in [5.74, 6) is -1.50. The van der Waals surface area contributed by atoms with Crippen LogP contribution in [0.4, 0.5) is 23.2 Å². The molecular formula is C12H7F4N3O. The molecule has 0 aliphatic rings. The number of carbonyl (C=O) groups is 1. The first-order valence-electron chi connectivity index (χ1n) is 5.32. The highest BCUT2D eigenvalue weighted by molar-refractivity contribution is 6.04. The zero-order valence-corrected chi connectivity index (χ0v) is 9.78. The van der Waals surface area contributed by atoms with Crippen molar-refractivity contribution in [1.29, 1.82) is 0 Å². The van der Waals surface area contributed by atoms with Gasteiger partial charge in [0, 0.05) is 17.8 Å². The summed E-state index contributed by atoms with van der Waals surface area (Å²) in [6.07, 6.45) is -2.57. The van der Waals surface area contributed by atoms with Gasteiger partial charge in [-0.15, -0.1) is 0 Å². The molecule has 0 spiro atoms. The van der Waals surface area contributed by atoms with Gasteiger partial charge in [-0.05, 0) is 18.2 Å². The summed E-state index contributed by atoms with van der Waals surface area (Å²) >= 11 is 0. The topological polar surface area (TPSA) is 54.9 Å². The highest BCUT2D eigenvalue weighted by Gasteiger charge is 2.32. The third-order valence-electron chi connectivity index (χ3n) is 2.30. The molecule has 2 rings (SSSR count). The quantitative estimate of drug-likeness (QED) is 0.682. The molecule has 1 N–H and O–H groups in total. The standard InChI is InChI=1S/C12H7F4N3O/c13-10-5-7(3-4-17-10)11(20)19-8-1-2-9(18-6-8)12(14,15)16/h1-6H,(H,19,20). The molecule has 2 aromatic heterocycles. The highest BCUT2D eigenvalue weighted by Crippen LogP contribution is 2.27. The fourth-order valence-corrected chi connectivity index (χ4v) is 1.38. The number of pyridine rings is 2. The summed E-state index contributed by atoms with van der Waals surface area (Å²) in [4.78, 5) is 18.2. The summed E-state index contributed by atoms with van der Waals surface area (Å²) in [5.41, 5.74) is -0.997. The molecule has 0 radical (unpaired) electrons. The summed E-state index contributed by atoms with van der Waals surface area (Å²) in [6.45, 7) is 0. The van der Waals surface area contributed by atoms with Gasteiger partial charge in [0.05, 0.1) is 11.9 Å². The fourth-order valence-electron chi connectivity index (χ4n) is 1.38. The summed E-state index contributed by atoms with van der Waals surface area (Å²) in [7, 11) is 0. The molecule has 0 unspecified atom stereocenters. The lowest BCUT2D eigenvalue weighted by Crippen LogP contribution is -2.13. The molecule has 0 aliphatic carbocycles. The van der Waals surface area contributed by atoms with Gasteiger partial charge in [0.25, 0.3) is 5.91 Å². The molecule has 1 amide bonds. The summed E-state index contributed by atoms with van der Waals surface area (Å²) in [6, 6.07) is 3.98. The van der Waals surface area contributed by atoms with E-state index in [1.807, 2.05) is 0 Å². The van der Waals surface area contributed by atoms with E-state index in [4.69, 9.17) is 0 Å². The van der Waals surface area contributed by atoms with Crippen LogP contribution >= 0.6 is 0 Å². The van der Waals surface area contributed by atoms with Crippen molar-refractivity contribution in [3.8, 4) is 0 Å². The Balaban J connectivity index is 2.12. The Bertz CT molecular complexity index is 625. The highest BCUT2D eigenvalue weighted by atomic mass is 19.4. The van der Waals surface area contributed by atoms with Crippen molar-refractivity contribution >= 4 is 11.6 Å². The smallest absolute Gasteiger partial charge is 0.321 e. The van der Waals surface area contributed by atoms with Gasteiger partial charge in [0.15, 0.2) is 0 Å². The monoisotopic (exact) mass is 285 g/mol. The minimum absolute atomic E-state index is 0.00241. The largest absolute Gasteiger partial charge is 0.433 e. The second-order valence-corrected chi connectivity index (χ2v) is 3.75. The van der Waals surface area contributed by atoms with Gasteiger partial charge >= 0.3 is 6.18 Å². The Hall–Kier alpha value is -2.51. The van der Waals surface area contributed by atoms with Gasteiger partial charge in [-0.3, -0.25) is 4.79 Å². The maximum Gasteiger partial charge on any atom is 0.433 e. The molecule has 0 aromatic carbocycles. The van der Waals surface area contributed by atoms with Gasteiger partial charge < -0.3 is 5.32 Å². The van der Waals surface area contributed by atoms with Crippen LogP contribution in [0.25, 0.3) is 0 Å². The van der Waals surface area contributed by atoms with Crippen LogP contribution in [0, 0.1) is 5.95 Å². The molecule has 4 nitrogen and oxygen atoms in total. The minimum atomic E-state index is -4.54. The van der Waals surface area contributed by atoms with Crippen LogP contribution in [0.5, 0.6) is 0 Å². The van der Waals surface area contributed by atoms with E-state index in [1.54, 1.807) is 0 Å². The maximum absolute atomic E-state index is 12.8. The average Bonchev–Trinajstić information content (AvgIpc) is 2.38. The molecule has 2 aromatic rings. The van der Waals surface area contributed by atoms with Gasteiger partial charge in [-0.2, -0.15) is 17.6 Å². The Kier molecular flexibility index (Phi) is 3.64. The van der Waals surface area contributed by atoms with E-state index in [2.05, 4.69) is 15.3 Å². The van der Waals surface area contributed by atoms with Gasteiger partial charge in [-0.25, -0.2) is 9.97 Å². The maximum atomic E-state index is 12.8. The molecule has 0 atom stereocenters. The third-order valence-corrected chi connectivity index (χ3v) is 2.30. The van der Waals surface area contributed by atoms with Crippen LogP contribution in [0.1, 0.15) is 16.1 Å². The van der Waals surface area contributed by atoms with Crippen LogP contribution in [-0.2, 0) is 6.18 Å². The van der Waals surface area contributed by atoms with E-state index in [-0.39, 0.29) is 11.3 Å². The van der Waals surface area contributed by atoms with Crippen molar-refractivity contribution in [3.05, 3.63) is 53.9 Å². The summed E-state index contributed by atoms with van der Waals surface area (Å²) in [5, 5.41) is 2.30. The lowest BCUT2D eigenvalue weighted by atomic mass is 10.2. The van der Waals surface area contributed by atoms with Crippen molar-refractivity contribution in [2.45, 2.75) is 6.18 Å². The van der Waals surface area contributed by atoms with E-state index >= 15 is 0 Å². The van der Waals surface area contributed by atoms with Crippen LogP contribution in [-0.4, -0.2) is 15.9 Å². The minimum Gasteiger partial charge on any atom is -0.321 e. The lowest BCUT2D eigenvalue weighted by molar-refractivity contribution is -0.141. The van der Waals surface area contributed by atoms with Crippen molar-refractivity contribution in [1.82, 2.24) is 9.97 Å². The molecule has 0 bridgehead atoms. The van der Waals surface area contributed by atoms with Gasteiger partial charge in [-0.1, -0.05) is 0 Å². The number of nitrogens with one attached hydrogen (secondary N) is 1. The lowest BCUT2D eigenvalue weighted by Gasteiger charge is -2.07. The van der Waals surface area contributed by atoms with Gasteiger partial charge in [0.2, 0.25) is 5.95 Å². The Labute approximate surface area is 110 Å². The normalized spacial score (nSPS) is 11.2. The van der Waals surface area contributed by atoms with E-state index in [0.29, 0.717) is 0 Å². The van der Waals surface area contributed by atoms with Crippen molar-refractivity contribution < 1.29 is 22.4 Å². The number of halogens is 4. The van der Waals surface area contributed by atoms with Crippen LogP contribution in [0.2, 0.25) is 0 Å². The fraction of sp³-hybridized carbons (Fsp3) is 0.0833. The Morgan fingerprint density at radius 1 is 1.15 bits per heavy atom. The Morgan fingerprint density at radius 3 is 2.45 bits per heavy atom. The van der Waals surface area contributed by atoms with Crippen LogP contribution < -0.4 is 5.32 Å². The van der Waals surface area contributed by atoms with Crippen LogP contribution in [0.3, 0.4) is 0 Å². The number of amides is 1. The Morgan fingerprint density at radius 2 is 1.90 bits per heavy atom. The first-order chi connectivity index (χ1) is 9.36. The molecule has 0 saturated heterocycles. The first kappa shape index (κ1) is 13.9. The number of hydrogen-bond acceptors (Lipinski definition) is 3. The molecule has 2 heterocycles. The molecule has 0 aliphatic heterocycles. The predicted octanol–water partition coefficient (Wildman–Crippen LogP) is 2.89. The number of anilines is 1. The van der Waals surface area contributed by atoms with Crippen LogP contribution in [0.15, 0.2) is 36.7 Å². The predicted molar refractivity (Wildman–Crippen MR) is 61.4 cm³/mol. The SMILES string of the molecule is O=C(Nc1ccc(C(F)(F)F)nc1)c1ccnc(F)c1. The van der Waals surface area contributed by atoms with E-state index in [9.17, 15) is 22.4 Å². The van der Waals surface area contributed by atoms with Crippen molar-refractivity contribution in [2.24, 2.45) is 0 Å². The molecule has 8 heteroatoms. The van der Waals surface area contributed by atoms with E-state index in [1.165, 1.54) is 6.07 Å². The van der Waals surface area contributed by atoms with Gasteiger partial charge in [0.1, 0.15) is 5.69 Å². The number of hydrogen-bond donors (Lipinski definition) is 1. The molecule has 0 fully saturated rings.